The number of nitrogens with zero attached hydrogens (tertiary/aromatic N) is 1. The van der Waals surface area contributed by atoms with Gasteiger partial charge in [0.2, 0.25) is 5.91 Å². The maximum Gasteiger partial charge on any atom is 0.225 e. The van der Waals surface area contributed by atoms with Gasteiger partial charge in [-0.05, 0) is 34.5 Å². The van der Waals surface area contributed by atoms with Gasteiger partial charge in [-0.1, -0.05) is 13.8 Å². The van der Waals surface area contributed by atoms with Gasteiger partial charge in [0, 0.05) is 12.0 Å². The second-order valence-electron chi connectivity index (χ2n) is 5.38. The van der Waals surface area contributed by atoms with Crippen molar-refractivity contribution in [2.24, 2.45) is 5.92 Å². The molecule has 1 amide bonds. The molecule has 2 rings (SSSR count). The van der Waals surface area contributed by atoms with Gasteiger partial charge >= 0.3 is 0 Å². The fraction of sp³-hybridized carbons (Fsp3) is 0.615. The minimum Gasteiger partial charge on any atom is -0.452 e. The lowest BCUT2D eigenvalue weighted by Gasteiger charge is -2.29. The number of sulfone groups is 1. The average Bonchev–Trinajstić information content (AvgIpc) is 2.91. The first kappa shape index (κ1) is 15.6. The molecule has 2 heterocycles. The molecule has 1 aromatic rings. The summed E-state index contributed by atoms with van der Waals surface area (Å²) < 4.78 is 29.3. The van der Waals surface area contributed by atoms with Crippen LogP contribution < -0.4 is 0 Å². The molecule has 0 aliphatic carbocycles. The number of furan rings is 1. The van der Waals surface area contributed by atoms with Crippen molar-refractivity contribution in [2.45, 2.75) is 32.9 Å². The molecule has 7 heteroatoms. The smallest absolute Gasteiger partial charge is 0.225 e. The minimum atomic E-state index is -3.02. The standard InChI is InChI=1S/C13H18BrNO4S/c1-9(2)13(16)15(7-11-3-4-12(14)19-11)10-5-6-20(17,18)8-10/h3-4,9-10H,5-8H2,1-2H3/t10-/m0/s1. The summed E-state index contributed by atoms with van der Waals surface area (Å²) in [5.74, 6) is 0.640. The van der Waals surface area contributed by atoms with Crippen molar-refractivity contribution in [3.05, 3.63) is 22.6 Å². The molecule has 20 heavy (non-hydrogen) atoms. The van der Waals surface area contributed by atoms with E-state index in [1.165, 1.54) is 0 Å². The van der Waals surface area contributed by atoms with E-state index in [4.69, 9.17) is 4.42 Å². The van der Waals surface area contributed by atoms with Gasteiger partial charge in [0.25, 0.3) is 0 Å². The minimum absolute atomic E-state index is 0.0420. The average molecular weight is 364 g/mol. The zero-order chi connectivity index (χ0) is 14.9. The first-order valence-corrected chi connectivity index (χ1v) is 9.15. The van der Waals surface area contributed by atoms with Crippen molar-refractivity contribution in [1.29, 1.82) is 0 Å². The molecule has 112 valence electrons. The first-order valence-electron chi connectivity index (χ1n) is 6.53. The molecule has 0 unspecified atom stereocenters. The molecule has 1 aliphatic rings. The number of carbonyl (C=O) groups is 1. The van der Waals surface area contributed by atoms with Crippen LogP contribution in [0.2, 0.25) is 0 Å². The van der Waals surface area contributed by atoms with Gasteiger partial charge in [0.15, 0.2) is 14.5 Å². The van der Waals surface area contributed by atoms with Crippen LogP contribution in [0.15, 0.2) is 21.2 Å². The molecule has 1 aromatic heterocycles. The fourth-order valence-electron chi connectivity index (χ4n) is 2.34. The maximum absolute atomic E-state index is 12.3. The second-order valence-corrected chi connectivity index (χ2v) is 8.39. The van der Waals surface area contributed by atoms with Crippen molar-refractivity contribution in [3.63, 3.8) is 0 Å². The molecular weight excluding hydrogens is 346 g/mol. The highest BCUT2D eigenvalue weighted by atomic mass is 79.9. The van der Waals surface area contributed by atoms with Crippen LogP contribution in [-0.4, -0.2) is 36.8 Å². The van der Waals surface area contributed by atoms with E-state index in [1.54, 1.807) is 17.0 Å². The highest BCUT2D eigenvalue weighted by Gasteiger charge is 2.35. The van der Waals surface area contributed by atoms with E-state index in [9.17, 15) is 13.2 Å². The Morgan fingerprint density at radius 1 is 1.50 bits per heavy atom. The topological polar surface area (TPSA) is 67.6 Å². The molecule has 1 aliphatic heterocycles. The summed E-state index contributed by atoms with van der Waals surface area (Å²) in [5, 5.41) is 0. The quantitative estimate of drug-likeness (QED) is 0.822. The molecule has 0 spiro atoms. The van der Waals surface area contributed by atoms with Gasteiger partial charge in [-0.2, -0.15) is 0 Å². The zero-order valence-corrected chi connectivity index (χ0v) is 13.9. The molecular formula is C13H18BrNO4S. The van der Waals surface area contributed by atoms with E-state index < -0.39 is 9.84 Å². The number of amides is 1. The van der Waals surface area contributed by atoms with E-state index in [0.717, 1.165) is 0 Å². The van der Waals surface area contributed by atoms with Crippen LogP contribution in [0.3, 0.4) is 0 Å². The Balaban J connectivity index is 2.19. The Morgan fingerprint density at radius 3 is 2.65 bits per heavy atom. The summed E-state index contributed by atoms with van der Waals surface area (Å²) in [6, 6.07) is 3.30. The predicted molar refractivity (Wildman–Crippen MR) is 78.9 cm³/mol. The summed E-state index contributed by atoms with van der Waals surface area (Å²) in [5.41, 5.74) is 0. The van der Waals surface area contributed by atoms with Crippen LogP contribution in [0, 0.1) is 5.92 Å². The van der Waals surface area contributed by atoms with Crippen LogP contribution in [0.5, 0.6) is 0 Å². The highest BCUT2D eigenvalue weighted by molar-refractivity contribution is 9.10. The molecule has 0 radical (unpaired) electrons. The van der Waals surface area contributed by atoms with Gasteiger partial charge in [0.1, 0.15) is 5.76 Å². The monoisotopic (exact) mass is 363 g/mol. The Bertz CT molecular complexity index is 593. The van der Waals surface area contributed by atoms with Gasteiger partial charge in [-0.15, -0.1) is 0 Å². The van der Waals surface area contributed by atoms with E-state index in [2.05, 4.69) is 15.9 Å². The van der Waals surface area contributed by atoms with Crippen molar-refractivity contribution >= 4 is 31.7 Å². The molecule has 1 atom stereocenters. The lowest BCUT2D eigenvalue weighted by atomic mass is 10.1. The summed E-state index contributed by atoms with van der Waals surface area (Å²) in [6.07, 6.45) is 0.503. The number of hydrogen-bond acceptors (Lipinski definition) is 4. The molecule has 0 saturated carbocycles. The van der Waals surface area contributed by atoms with E-state index in [-0.39, 0.29) is 29.4 Å². The molecule has 0 aromatic carbocycles. The third-order valence-electron chi connectivity index (χ3n) is 3.38. The van der Waals surface area contributed by atoms with Crippen LogP contribution in [-0.2, 0) is 21.2 Å². The number of rotatable bonds is 4. The fourth-order valence-corrected chi connectivity index (χ4v) is 4.42. The lowest BCUT2D eigenvalue weighted by Crippen LogP contribution is -2.42. The zero-order valence-electron chi connectivity index (χ0n) is 11.5. The predicted octanol–water partition coefficient (Wildman–Crippen LogP) is 2.21. The lowest BCUT2D eigenvalue weighted by molar-refractivity contribution is -0.137. The van der Waals surface area contributed by atoms with Gasteiger partial charge in [0.05, 0.1) is 18.1 Å². The molecule has 0 bridgehead atoms. The number of carbonyl (C=O) groups excluding carboxylic acids is 1. The van der Waals surface area contributed by atoms with Crippen molar-refractivity contribution in [3.8, 4) is 0 Å². The number of halogens is 1. The summed E-state index contributed by atoms with van der Waals surface area (Å²) in [4.78, 5) is 14.0. The number of hydrogen-bond donors (Lipinski definition) is 0. The van der Waals surface area contributed by atoms with E-state index >= 15 is 0 Å². The Kier molecular flexibility index (Phi) is 4.59. The van der Waals surface area contributed by atoms with E-state index in [1.807, 2.05) is 13.8 Å². The van der Waals surface area contributed by atoms with E-state index in [0.29, 0.717) is 23.4 Å². The maximum atomic E-state index is 12.3. The van der Waals surface area contributed by atoms with Crippen molar-refractivity contribution < 1.29 is 17.6 Å². The van der Waals surface area contributed by atoms with Gasteiger partial charge < -0.3 is 9.32 Å². The van der Waals surface area contributed by atoms with Gasteiger partial charge in [-0.25, -0.2) is 8.42 Å². The largest absolute Gasteiger partial charge is 0.452 e. The summed E-state index contributed by atoms with van der Waals surface area (Å²) in [6.45, 7) is 3.94. The third kappa shape index (κ3) is 3.63. The summed E-state index contributed by atoms with van der Waals surface area (Å²) in [7, 11) is -3.02. The van der Waals surface area contributed by atoms with Crippen molar-refractivity contribution in [1.82, 2.24) is 4.90 Å². The summed E-state index contributed by atoms with van der Waals surface area (Å²) >= 11 is 3.22. The first-order chi connectivity index (χ1) is 9.28. The van der Waals surface area contributed by atoms with Crippen molar-refractivity contribution in [2.75, 3.05) is 11.5 Å². The SMILES string of the molecule is CC(C)C(=O)N(Cc1ccc(Br)o1)[C@H]1CCS(=O)(=O)C1. The van der Waals surface area contributed by atoms with Crippen LogP contribution in [0.4, 0.5) is 0 Å². The Hall–Kier alpha value is -0.820. The molecule has 1 saturated heterocycles. The normalized spacial score (nSPS) is 21.3. The molecule has 5 nitrogen and oxygen atoms in total. The Morgan fingerprint density at radius 2 is 2.20 bits per heavy atom. The highest BCUT2D eigenvalue weighted by Crippen LogP contribution is 2.23. The van der Waals surface area contributed by atoms with Crippen LogP contribution in [0.25, 0.3) is 0 Å². The second kappa shape index (κ2) is 5.89. The van der Waals surface area contributed by atoms with Crippen LogP contribution >= 0.6 is 15.9 Å². The Labute approximate surface area is 127 Å². The molecule has 0 N–H and O–H groups in total. The molecule has 1 fully saturated rings. The third-order valence-corrected chi connectivity index (χ3v) is 5.56. The van der Waals surface area contributed by atoms with Crippen LogP contribution in [0.1, 0.15) is 26.0 Å². The van der Waals surface area contributed by atoms with Gasteiger partial charge in [-0.3, -0.25) is 4.79 Å².